The number of benzene rings is 3. The van der Waals surface area contributed by atoms with Crippen LogP contribution in [0.1, 0.15) is 72.7 Å². The first-order valence-corrected chi connectivity index (χ1v) is 12.2. The van der Waals surface area contributed by atoms with Crippen LogP contribution in [-0.4, -0.2) is 22.6 Å². The van der Waals surface area contributed by atoms with E-state index < -0.39 is 11.9 Å². The molecule has 3 aromatic rings. The first-order chi connectivity index (χ1) is 16.5. The first kappa shape index (κ1) is 26.4. The van der Waals surface area contributed by atoms with Crippen molar-refractivity contribution in [1.82, 2.24) is 0 Å². The lowest BCUT2D eigenvalue weighted by Crippen LogP contribution is -2.18. The molecule has 0 amide bonds. The molecule has 182 valence electrons. The number of carboxylic acids is 1. The second-order valence-corrected chi connectivity index (χ2v) is 10.3. The van der Waals surface area contributed by atoms with Crippen molar-refractivity contribution in [2.24, 2.45) is 5.92 Å². The summed E-state index contributed by atoms with van der Waals surface area (Å²) < 4.78 is 0. The summed E-state index contributed by atoms with van der Waals surface area (Å²) in [6.07, 6.45) is 0.849. The van der Waals surface area contributed by atoms with Crippen molar-refractivity contribution in [3.8, 4) is 11.1 Å². The maximum absolute atomic E-state index is 12.7. The van der Waals surface area contributed by atoms with Crippen LogP contribution in [0.3, 0.4) is 0 Å². The standard InChI is InChI=1S/C30H31ClO4/c1-30(2,3)25-15-11-22(12-16-25)27(32)6-4-5-24(29(34)35)19-28(33)23-9-7-20(8-10-23)21-13-17-26(31)18-14-21/h7-18,24H,4-6,19H2,1-3H3,(H,34,35). The molecule has 0 spiro atoms. The van der Waals surface area contributed by atoms with E-state index in [0.717, 1.165) is 16.7 Å². The summed E-state index contributed by atoms with van der Waals surface area (Å²) in [5.74, 6) is -2.07. The summed E-state index contributed by atoms with van der Waals surface area (Å²) in [5.41, 5.74) is 4.20. The molecule has 5 heteroatoms. The molecule has 0 heterocycles. The highest BCUT2D eigenvalue weighted by atomic mass is 35.5. The van der Waals surface area contributed by atoms with Gasteiger partial charge in [-0.25, -0.2) is 0 Å². The highest BCUT2D eigenvalue weighted by Crippen LogP contribution is 2.25. The molecule has 0 aliphatic carbocycles. The van der Waals surface area contributed by atoms with Crippen LogP contribution in [0.2, 0.25) is 5.02 Å². The minimum absolute atomic E-state index is 0.0129. The Morgan fingerprint density at radius 1 is 0.771 bits per heavy atom. The Morgan fingerprint density at radius 2 is 1.26 bits per heavy atom. The largest absolute Gasteiger partial charge is 0.481 e. The predicted molar refractivity (Wildman–Crippen MR) is 140 cm³/mol. The molecule has 4 nitrogen and oxygen atoms in total. The van der Waals surface area contributed by atoms with Gasteiger partial charge in [-0.2, -0.15) is 0 Å². The smallest absolute Gasteiger partial charge is 0.306 e. The number of ketones is 2. The summed E-state index contributed by atoms with van der Waals surface area (Å²) in [6, 6.07) is 22.1. The fourth-order valence-electron chi connectivity index (χ4n) is 3.95. The average molecular weight is 491 g/mol. The van der Waals surface area contributed by atoms with Gasteiger partial charge >= 0.3 is 5.97 Å². The highest BCUT2D eigenvalue weighted by Gasteiger charge is 2.22. The van der Waals surface area contributed by atoms with Crippen LogP contribution in [0.15, 0.2) is 72.8 Å². The molecule has 0 saturated heterocycles. The summed E-state index contributed by atoms with van der Waals surface area (Å²) in [5, 5.41) is 10.3. The molecule has 0 aromatic heterocycles. The average Bonchev–Trinajstić information content (AvgIpc) is 2.83. The third-order valence-corrected chi connectivity index (χ3v) is 6.45. The van der Waals surface area contributed by atoms with E-state index in [9.17, 15) is 19.5 Å². The van der Waals surface area contributed by atoms with Gasteiger partial charge in [-0.05, 0) is 47.1 Å². The number of carboxylic acid groups (broad SMARTS) is 1. The highest BCUT2D eigenvalue weighted by molar-refractivity contribution is 6.30. The van der Waals surface area contributed by atoms with Gasteiger partial charge in [0.2, 0.25) is 0 Å². The Labute approximate surface area is 212 Å². The lowest BCUT2D eigenvalue weighted by molar-refractivity contribution is -0.141. The summed E-state index contributed by atoms with van der Waals surface area (Å²) in [4.78, 5) is 37.0. The number of hydrogen-bond donors (Lipinski definition) is 1. The lowest BCUT2D eigenvalue weighted by atomic mass is 9.86. The molecule has 1 unspecified atom stereocenters. The number of rotatable bonds is 10. The third-order valence-electron chi connectivity index (χ3n) is 6.19. The SMILES string of the molecule is CC(C)(C)c1ccc(C(=O)CCCC(CC(=O)c2ccc(-c3ccc(Cl)cc3)cc2)C(=O)O)cc1. The monoisotopic (exact) mass is 490 g/mol. The maximum atomic E-state index is 12.7. The van der Waals surface area contributed by atoms with E-state index in [2.05, 4.69) is 20.8 Å². The van der Waals surface area contributed by atoms with Crippen molar-refractivity contribution in [3.63, 3.8) is 0 Å². The Morgan fingerprint density at radius 3 is 1.77 bits per heavy atom. The van der Waals surface area contributed by atoms with Crippen molar-refractivity contribution in [1.29, 1.82) is 0 Å². The second kappa shape index (κ2) is 11.5. The molecule has 3 rings (SSSR count). The molecule has 0 aliphatic rings. The van der Waals surface area contributed by atoms with E-state index in [-0.39, 0.29) is 36.2 Å². The van der Waals surface area contributed by atoms with Gasteiger partial charge < -0.3 is 5.11 Å². The third kappa shape index (κ3) is 7.37. The number of aliphatic carboxylic acids is 1. The van der Waals surface area contributed by atoms with Crippen LogP contribution in [0.25, 0.3) is 11.1 Å². The zero-order valence-electron chi connectivity index (χ0n) is 20.4. The fraction of sp³-hybridized carbons (Fsp3) is 0.300. The van der Waals surface area contributed by atoms with Gasteiger partial charge in [-0.15, -0.1) is 0 Å². The molecule has 0 radical (unpaired) electrons. The van der Waals surface area contributed by atoms with Crippen LogP contribution in [0.4, 0.5) is 0 Å². The summed E-state index contributed by atoms with van der Waals surface area (Å²) in [7, 11) is 0. The minimum atomic E-state index is -1.02. The Hall–Kier alpha value is -3.24. The van der Waals surface area contributed by atoms with E-state index in [1.165, 1.54) is 0 Å². The number of carbonyl (C=O) groups excluding carboxylic acids is 2. The maximum Gasteiger partial charge on any atom is 0.306 e. The number of hydrogen-bond acceptors (Lipinski definition) is 3. The Bertz CT molecular complexity index is 1170. The molecule has 1 N–H and O–H groups in total. The molecule has 3 aromatic carbocycles. The van der Waals surface area contributed by atoms with Gasteiger partial charge in [0, 0.05) is 29.0 Å². The van der Waals surface area contributed by atoms with Crippen LogP contribution >= 0.6 is 11.6 Å². The molecule has 0 bridgehead atoms. The van der Waals surface area contributed by atoms with Gasteiger partial charge in [0.05, 0.1) is 5.92 Å². The van der Waals surface area contributed by atoms with Crippen LogP contribution in [0.5, 0.6) is 0 Å². The lowest BCUT2D eigenvalue weighted by Gasteiger charge is -2.19. The van der Waals surface area contributed by atoms with Crippen LogP contribution in [-0.2, 0) is 10.2 Å². The minimum Gasteiger partial charge on any atom is -0.481 e. The zero-order valence-corrected chi connectivity index (χ0v) is 21.1. The normalized spacial score (nSPS) is 12.2. The second-order valence-electron chi connectivity index (χ2n) is 9.89. The van der Waals surface area contributed by atoms with Crippen LogP contribution in [0, 0.1) is 5.92 Å². The number of Topliss-reactive ketones (excluding diaryl/α,β-unsaturated/α-hetero) is 2. The van der Waals surface area contributed by atoms with Gasteiger partial charge in [0.15, 0.2) is 11.6 Å². The van der Waals surface area contributed by atoms with Gasteiger partial charge in [0.1, 0.15) is 0 Å². The molecule has 0 fully saturated rings. The fourth-order valence-corrected chi connectivity index (χ4v) is 4.08. The molecular weight excluding hydrogens is 460 g/mol. The topological polar surface area (TPSA) is 71.4 Å². The Kier molecular flexibility index (Phi) is 8.63. The van der Waals surface area contributed by atoms with Crippen molar-refractivity contribution >= 4 is 29.1 Å². The number of carbonyl (C=O) groups is 3. The molecule has 35 heavy (non-hydrogen) atoms. The Balaban J connectivity index is 1.55. The quantitative estimate of drug-likeness (QED) is 0.296. The van der Waals surface area contributed by atoms with Crippen LogP contribution < -0.4 is 0 Å². The molecular formula is C30H31ClO4. The predicted octanol–water partition coefficient (Wildman–Crippen LogP) is 7.63. The van der Waals surface area contributed by atoms with Crippen molar-refractivity contribution < 1.29 is 19.5 Å². The van der Waals surface area contributed by atoms with Gasteiger partial charge in [0.25, 0.3) is 0 Å². The molecule has 0 saturated carbocycles. The van der Waals surface area contributed by atoms with E-state index in [1.54, 1.807) is 24.3 Å². The van der Waals surface area contributed by atoms with Crippen molar-refractivity contribution in [2.45, 2.75) is 51.9 Å². The van der Waals surface area contributed by atoms with E-state index in [1.807, 2.05) is 48.5 Å². The summed E-state index contributed by atoms with van der Waals surface area (Å²) in [6.45, 7) is 6.35. The summed E-state index contributed by atoms with van der Waals surface area (Å²) >= 11 is 5.93. The number of halogens is 1. The molecule has 1 atom stereocenters. The molecule has 0 aliphatic heterocycles. The van der Waals surface area contributed by atoms with Crippen molar-refractivity contribution in [2.75, 3.05) is 0 Å². The van der Waals surface area contributed by atoms with E-state index >= 15 is 0 Å². The van der Waals surface area contributed by atoms with Crippen molar-refractivity contribution in [3.05, 3.63) is 94.5 Å². The van der Waals surface area contributed by atoms with E-state index in [4.69, 9.17) is 11.6 Å². The van der Waals surface area contributed by atoms with Gasteiger partial charge in [-0.3, -0.25) is 14.4 Å². The van der Waals surface area contributed by atoms with Gasteiger partial charge in [-0.1, -0.05) is 93.0 Å². The first-order valence-electron chi connectivity index (χ1n) is 11.8. The van der Waals surface area contributed by atoms with E-state index in [0.29, 0.717) is 22.6 Å². The zero-order chi connectivity index (χ0) is 25.6.